The van der Waals surface area contributed by atoms with Gasteiger partial charge in [-0.05, 0) is 12.8 Å². The van der Waals surface area contributed by atoms with Crippen LogP contribution in [-0.2, 0) is 9.59 Å². The first-order valence-electron chi connectivity index (χ1n) is 3.73. The van der Waals surface area contributed by atoms with Crippen molar-refractivity contribution < 1.29 is 14.7 Å². The number of carboxylic acids is 1. The standard InChI is InChI=1S/C7H14N2O3/c1-2-7(9,6(11)12)4-3-5(8)10/h2-4,9H2,1H3,(H2,8,10)(H,11,12)/t7-/m0/s1. The van der Waals surface area contributed by atoms with Crippen LogP contribution in [0, 0.1) is 0 Å². The molecule has 1 amide bonds. The molecule has 0 aliphatic rings. The van der Waals surface area contributed by atoms with Crippen molar-refractivity contribution in [1.29, 1.82) is 0 Å². The van der Waals surface area contributed by atoms with Crippen LogP contribution in [0.1, 0.15) is 26.2 Å². The van der Waals surface area contributed by atoms with Gasteiger partial charge >= 0.3 is 5.97 Å². The molecule has 0 saturated carbocycles. The predicted molar refractivity (Wildman–Crippen MR) is 43.3 cm³/mol. The van der Waals surface area contributed by atoms with E-state index in [2.05, 4.69) is 0 Å². The number of hydrogen-bond donors (Lipinski definition) is 3. The van der Waals surface area contributed by atoms with Crippen molar-refractivity contribution in [3.63, 3.8) is 0 Å². The fourth-order valence-corrected chi connectivity index (χ4v) is 0.781. The SMILES string of the molecule is CC[C@](N)(CCC(N)=O)C(=O)O. The summed E-state index contributed by atoms with van der Waals surface area (Å²) in [5.74, 6) is -1.62. The smallest absolute Gasteiger partial charge is 0.323 e. The summed E-state index contributed by atoms with van der Waals surface area (Å²) in [4.78, 5) is 20.9. The zero-order chi connectivity index (χ0) is 9.78. The molecule has 5 N–H and O–H groups in total. The average molecular weight is 174 g/mol. The van der Waals surface area contributed by atoms with E-state index in [-0.39, 0.29) is 19.3 Å². The Labute approximate surface area is 70.7 Å². The first-order valence-corrected chi connectivity index (χ1v) is 3.73. The first kappa shape index (κ1) is 10.9. The lowest BCUT2D eigenvalue weighted by Crippen LogP contribution is -2.47. The maximum atomic E-state index is 10.6. The summed E-state index contributed by atoms with van der Waals surface area (Å²) in [7, 11) is 0. The number of aliphatic carboxylic acids is 1. The fourth-order valence-electron chi connectivity index (χ4n) is 0.781. The van der Waals surface area contributed by atoms with Crippen LogP contribution in [0.4, 0.5) is 0 Å². The summed E-state index contributed by atoms with van der Waals surface area (Å²) in [6.07, 6.45) is 0.389. The van der Waals surface area contributed by atoms with E-state index in [1.54, 1.807) is 6.92 Å². The van der Waals surface area contributed by atoms with E-state index in [0.717, 1.165) is 0 Å². The van der Waals surface area contributed by atoms with Crippen LogP contribution < -0.4 is 11.5 Å². The minimum absolute atomic E-state index is 0.0106. The lowest BCUT2D eigenvalue weighted by molar-refractivity contribution is -0.143. The molecule has 0 fully saturated rings. The molecule has 0 aromatic rings. The van der Waals surface area contributed by atoms with Gasteiger partial charge in [-0.1, -0.05) is 6.92 Å². The minimum Gasteiger partial charge on any atom is -0.480 e. The third kappa shape index (κ3) is 2.87. The molecule has 0 unspecified atom stereocenters. The van der Waals surface area contributed by atoms with Gasteiger partial charge in [-0.3, -0.25) is 9.59 Å². The van der Waals surface area contributed by atoms with Crippen LogP contribution in [0.25, 0.3) is 0 Å². The number of rotatable bonds is 5. The van der Waals surface area contributed by atoms with Gasteiger partial charge in [0.15, 0.2) is 0 Å². The summed E-state index contributed by atoms with van der Waals surface area (Å²) < 4.78 is 0. The average Bonchev–Trinajstić information content (AvgIpc) is 1.99. The summed E-state index contributed by atoms with van der Waals surface area (Å²) in [5, 5.41) is 8.67. The molecular weight excluding hydrogens is 160 g/mol. The Balaban J connectivity index is 4.15. The summed E-state index contributed by atoms with van der Waals surface area (Å²) >= 11 is 0. The Kier molecular flexibility index (Phi) is 3.69. The second-order valence-electron chi connectivity index (χ2n) is 2.78. The minimum atomic E-state index is -1.31. The van der Waals surface area contributed by atoms with Gasteiger partial charge in [0.25, 0.3) is 0 Å². The van der Waals surface area contributed by atoms with Gasteiger partial charge in [0.1, 0.15) is 5.54 Å². The van der Waals surface area contributed by atoms with E-state index in [0.29, 0.717) is 0 Å². The molecule has 5 nitrogen and oxygen atoms in total. The van der Waals surface area contributed by atoms with Gasteiger partial charge in [0.05, 0.1) is 0 Å². The van der Waals surface area contributed by atoms with Gasteiger partial charge in [-0.25, -0.2) is 0 Å². The first-order chi connectivity index (χ1) is 5.42. The quantitative estimate of drug-likeness (QED) is 0.519. The van der Waals surface area contributed by atoms with Crippen molar-refractivity contribution in [2.45, 2.75) is 31.7 Å². The van der Waals surface area contributed by atoms with E-state index in [1.807, 2.05) is 0 Å². The molecule has 0 aromatic carbocycles. The molecule has 5 heteroatoms. The van der Waals surface area contributed by atoms with Crippen molar-refractivity contribution in [3.05, 3.63) is 0 Å². The van der Waals surface area contributed by atoms with E-state index in [9.17, 15) is 9.59 Å². The van der Waals surface area contributed by atoms with E-state index < -0.39 is 17.4 Å². The third-order valence-corrected chi connectivity index (χ3v) is 1.87. The second-order valence-corrected chi connectivity index (χ2v) is 2.78. The monoisotopic (exact) mass is 174 g/mol. The lowest BCUT2D eigenvalue weighted by atomic mass is 9.92. The summed E-state index contributed by atoms with van der Waals surface area (Å²) in [6.45, 7) is 1.66. The number of hydrogen-bond acceptors (Lipinski definition) is 3. The van der Waals surface area contributed by atoms with Gasteiger partial charge in [-0.2, -0.15) is 0 Å². The third-order valence-electron chi connectivity index (χ3n) is 1.87. The predicted octanol–water partition coefficient (Wildman–Crippen LogP) is -0.556. The number of nitrogens with two attached hydrogens (primary N) is 2. The Bertz CT molecular complexity index is 193. The van der Waals surface area contributed by atoms with Crippen LogP contribution >= 0.6 is 0 Å². The number of amides is 1. The largest absolute Gasteiger partial charge is 0.480 e. The van der Waals surface area contributed by atoms with E-state index in [1.165, 1.54) is 0 Å². The Morgan fingerprint density at radius 2 is 2.00 bits per heavy atom. The van der Waals surface area contributed by atoms with Gasteiger partial charge in [0, 0.05) is 6.42 Å². The highest BCUT2D eigenvalue weighted by molar-refractivity contribution is 5.80. The number of carbonyl (C=O) groups excluding carboxylic acids is 1. The highest BCUT2D eigenvalue weighted by Crippen LogP contribution is 2.13. The zero-order valence-corrected chi connectivity index (χ0v) is 7.04. The van der Waals surface area contributed by atoms with Crippen molar-refractivity contribution in [3.8, 4) is 0 Å². The van der Waals surface area contributed by atoms with Gasteiger partial charge in [0.2, 0.25) is 5.91 Å². The number of carboxylic acid groups (broad SMARTS) is 1. The molecule has 0 bridgehead atoms. The molecular formula is C7H14N2O3. The molecule has 0 heterocycles. The van der Waals surface area contributed by atoms with Crippen LogP contribution in [0.5, 0.6) is 0 Å². The Morgan fingerprint density at radius 1 is 1.50 bits per heavy atom. The van der Waals surface area contributed by atoms with Crippen molar-refractivity contribution >= 4 is 11.9 Å². The molecule has 0 aliphatic heterocycles. The van der Waals surface area contributed by atoms with E-state index >= 15 is 0 Å². The molecule has 0 aromatic heterocycles. The molecule has 0 spiro atoms. The Hall–Kier alpha value is -1.10. The maximum Gasteiger partial charge on any atom is 0.323 e. The van der Waals surface area contributed by atoms with Crippen LogP contribution in [-0.4, -0.2) is 22.5 Å². The molecule has 0 saturated heterocycles. The fraction of sp³-hybridized carbons (Fsp3) is 0.714. The van der Waals surface area contributed by atoms with Crippen LogP contribution in [0.15, 0.2) is 0 Å². The van der Waals surface area contributed by atoms with E-state index in [4.69, 9.17) is 16.6 Å². The summed E-state index contributed by atoms with van der Waals surface area (Å²) in [6, 6.07) is 0. The number of carbonyl (C=O) groups is 2. The van der Waals surface area contributed by atoms with Crippen molar-refractivity contribution in [2.24, 2.45) is 11.5 Å². The molecule has 0 rings (SSSR count). The van der Waals surface area contributed by atoms with Gasteiger partial charge in [-0.15, -0.1) is 0 Å². The zero-order valence-electron chi connectivity index (χ0n) is 7.04. The molecule has 0 radical (unpaired) electrons. The van der Waals surface area contributed by atoms with Crippen LogP contribution in [0.2, 0.25) is 0 Å². The van der Waals surface area contributed by atoms with Crippen LogP contribution in [0.3, 0.4) is 0 Å². The number of primary amides is 1. The molecule has 12 heavy (non-hydrogen) atoms. The molecule has 70 valence electrons. The van der Waals surface area contributed by atoms with Crippen molar-refractivity contribution in [2.75, 3.05) is 0 Å². The molecule has 0 aliphatic carbocycles. The Morgan fingerprint density at radius 3 is 2.25 bits per heavy atom. The van der Waals surface area contributed by atoms with Gasteiger partial charge < -0.3 is 16.6 Å². The highest BCUT2D eigenvalue weighted by atomic mass is 16.4. The highest BCUT2D eigenvalue weighted by Gasteiger charge is 2.31. The lowest BCUT2D eigenvalue weighted by Gasteiger charge is -2.21. The second kappa shape index (κ2) is 4.06. The molecule has 1 atom stereocenters. The summed E-state index contributed by atoms with van der Waals surface area (Å²) in [5.41, 5.74) is 9.04. The van der Waals surface area contributed by atoms with Crippen molar-refractivity contribution in [1.82, 2.24) is 0 Å². The normalized spacial score (nSPS) is 15.2. The maximum absolute atomic E-state index is 10.6. The topological polar surface area (TPSA) is 106 Å².